The predicted molar refractivity (Wildman–Crippen MR) is 70.8 cm³/mol. The number of nitrogens with zero attached hydrogens (tertiary/aromatic N) is 3. The van der Waals surface area contributed by atoms with Gasteiger partial charge in [-0.15, -0.1) is 0 Å². The lowest BCUT2D eigenvalue weighted by Crippen LogP contribution is -2.09. The van der Waals surface area contributed by atoms with Gasteiger partial charge in [0.2, 0.25) is 5.88 Å². The zero-order chi connectivity index (χ0) is 12.8. The van der Waals surface area contributed by atoms with Gasteiger partial charge < -0.3 is 14.6 Å². The number of imidazole rings is 1. The van der Waals surface area contributed by atoms with Crippen LogP contribution in [0.1, 0.15) is 12.7 Å². The van der Waals surface area contributed by atoms with Gasteiger partial charge in [0.15, 0.2) is 0 Å². The lowest BCUT2D eigenvalue weighted by atomic mass is 10.4. The van der Waals surface area contributed by atoms with Gasteiger partial charge in [0.05, 0.1) is 6.61 Å². The van der Waals surface area contributed by atoms with Gasteiger partial charge in [-0.2, -0.15) is 4.98 Å². The predicted octanol–water partition coefficient (Wildman–Crippen LogP) is 1.87. The van der Waals surface area contributed by atoms with E-state index in [-0.39, 0.29) is 0 Å². The van der Waals surface area contributed by atoms with Crippen molar-refractivity contribution in [3.05, 3.63) is 36.4 Å². The number of ether oxygens (including phenoxy) is 1. The van der Waals surface area contributed by atoms with E-state index < -0.39 is 0 Å². The molecule has 0 saturated heterocycles. The van der Waals surface area contributed by atoms with Crippen molar-refractivity contribution in [2.45, 2.75) is 13.3 Å². The number of aryl methyl sites for hydroxylation is 1. The van der Waals surface area contributed by atoms with Gasteiger partial charge in [0, 0.05) is 38.5 Å². The smallest absolute Gasteiger partial charge is 0.215 e. The molecular weight excluding hydrogens is 228 g/mol. The third-order valence-electron chi connectivity index (χ3n) is 2.59. The molecule has 2 aromatic heterocycles. The van der Waals surface area contributed by atoms with Gasteiger partial charge in [0.1, 0.15) is 11.6 Å². The van der Waals surface area contributed by atoms with E-state index in [9.17, 15) is 0 Å². The van der Waals surface area contributed by atoms with Crippen LogP contribution < -0.4 is 10.1 Å². The first kappa shape index (κ1) is 12.4. The highest BCUT2D eigenvalue weighted by Gasteiger charge is 2.00. The second-order valence-corrected chi connectivity index (χ2v) is 3.93. The van der Waals surface area contributed by atoms with Crippen LogP contribution in [-0.4, -0.2) is 27.7 Å². The normalized spacial score (nSPS) is 10.3. The summed E-state index contributed by atoms with van der Waals surface area (Å²) in [4.78, 5) is 8.62. The first-order chi connectivity index (χ1) is 8.79. The minimum absolute atomic E-state index is 0.629. The summed E-state index contributed by atoms with van der Waals surface area (Å²) in [5, 5.41) is 3.26. The van der Waals surface area contributed by atoms with Gasteiger partial charge >= 0.3 is 0 Å². The Hall–Kier alpha value is -2.04. The molecule has 0 amide bonds. The minimum atomic E-state index is 0.629. The van der Waals surface area contributed by atoms with Crippen molar-refractivity contribution in [1.29, 1.82) is 0 Å². The van der Waals surface area contributed by atoms with E-state index in [2.05, 4.69) is 15.3 Å². The fourth-order valence-corrected chi connectivity index (χ4v) is 1.68. The Balaban J connectivity index is 1.86. The van der Waals surface area contributed by atoms with Gasteiger partial charge in [-0.1, -0.05) is 6.07 Å². The Labute approximate surface area is 107 Å². The molecule has 96 valence electrons. The minimum Gasteiger partial charge on any atom is -0.478 e. The molecule has 0 unspecified atom stereocenters. The Kier molecular flexibility index (Phi) is 4.17. The standard InChI is InChI=1S/C13H18N4O/c1-3-18-13-6-4-5-11(16-13)14-8-7-12-15-9-10-17(12)2/h4-6,9-10H,3,7-8H2,1-2H3,(H,14,16). The van der Waals surface area contributed by atoms with Gasteiger partial charge in [-0.3, -0.25) is 0 Å². The Morgan fingerprint density at radius 1 is 1.39 bits per heavy atom. The van der Waals surface area contributed by atoms with Crippen molar-refractivity contribution < 1.29 is 4.74 Å². The highest BCUT2D eigenvalue weighted by Crippen LogP contribution is 2.11. The van der Waals surface area contributed by atoms with Crippen LogP contribution in [0.4, 0.5) is 5.82 Å². The summed E-state index contributed by atoms with van der Waals surface area (Å²) in [6.07, 6.45) is 4.62. The van der Waals surface area contributed by atoms with Crippen molar-refractivity contribution in [2.75, 3.05) is 18.5 Å². The molecule has 0 spiro atoms. The molecule has 0 fully saturated rings. The lowest BCUT2D eigenvalue weighted by molar-refractivity contribution is 0.327. The van der Waals surface area contributed by atoms with Crippen molar-refractivity contribution >= 4 is 5.82 Å². The van der Waals surface area contributed by atoms with E-state index in [0.29, 0.717) is 12.5 Å². The van der Waals surface area contributed by atoms with Crippen molar-refractivity contribution in [3.63, 3.8) is 0 Å². The van der Waals surface area contributed by atoms with Crippen LogP contribution in [0.2, 0.25) is 0 Å². The zero-order valence-corrected chi connectivity index (χ0v) is 10.8. The van der Waals surface area contributed by atoms with Crippen LogP contribution in [0, 0.1) is 0 Å². The van der Waals surface area contributed by atoms with Crippen LogP contribution in [0.15, 0.2) is 30.6 Å². The molecule has 0 aliphatic carbocycles. The number of aromatic nitrogens is 3. The molecule has 0 aliphatic heterocycles. The zero-order valence-electron chi connectivity index (χ0n) is 10.8. The molecule has 5 heteroatoms. The van der Waals surface area contributed by atoms with Crippen LogP contribution in [0.25, 0.3) is 0 Å². The Morgan fingerprint density at radius 2 is 2.28 bits per heavy atom. The summed E-state index contributed by atoms with van der Waals surface area (Å²) in [5.74, 6) is 2.54. The molecule has 18 heavy (non-hydrogen) atoms. The van der Waals surface area contributed by atoms with E-state index >= 15 is 0 Å². The van der Waals surface area contributed by atoms with Crippen molar-refractivity contribution in [3.8, 4) is 5.88 Å². The molecule has 2 rings (SSSR count). The summed E-state index contributed by atoms with van der Waals surface area (Å²) >= 11 is 0. The number of hydrogen-bond donors (Lipinski definition) is 1. The first-order valence-corrected chi connectivity index (χ1v) is 6.09. The summed E-state index contributed by atoms with van der Waals surface area (Å²) in [6.45, 7) is 3.38. The molecule has 0 aliphatic rings. The number of pyridine rings is 1. The van der Waals surface area contributed by atoms with E-state index in [4.69, 9.17) is 4.74 Å². The molecule has 0 radical (unpaired) electrons. The molecule has 0 aromatic carbocycles. The molecule has 0 bridgehead atoms. The monoisotopic (exact) mass is 246 g/mol. The largest absolute Gasteiger partial charge is 0.478 e. The number of nitrogens with one attached hydrogen (secondary N) is 1. The Bertz CT molecular complexity index is 495. The number of rotatable bonds is 6. The second kappa shape index (κ2) is 6.05. The van der Waals surface area contributed by atoms with E-state index in [1.807, 2.05) is 49.1 Å². The first-order valence-electron chi connectivity index (χ1n) is 6.09. The van der Waals surface area contributed by atoms with Crippen LogP contribution in [0.5, 0.6) is 5.88 Å². The van der Waals surface area contributed by atoms with Crippen LogP contribution >= 0.6 is 0 Å². The Morgan fingerprint density at radius 3 is 3.00 bits per heavy atom. The second-order valence-electron chi connectivity index (χ2n) is 3.93. The summed E-state index contributed by atoms with van der Waals surface area (Å²) in [5.41, 5.74) is 0. The van der Waals surface area contributed by atoms with Crippen LogP contribution in [0.3, 0.4) is 0 Å². The SMILES string of the molecule is CCOc1cccc(NCCc2nccn2C)n1. The molecule has 5 nitrogen and oxygen atoms in total. The average molecular weight is 246 g/mol. The molecule has 2 heterocycles. The van der Waals surface area contributed by atoms with Crippen molar-refractivity contribution in [2.24, 2.45) is 7.05 Å². The van der Waals surface area contributed by atoms with Crippen LogP contribution in [-0.2, 0) is 13.5 Å². The van der Waals surface area contributed by atoms with E-state index in [1.54, 1.807) is 0 Å². The summed E-state index contributed by atoms with van der Waals surface area (Å²) in [7, 11) is 2.00. The summed E-state index contributed by atoms with van der Waals surface area (Å²) < 4.78 is 7.37. The fraction of sp³-hybridized carbons (Fsp3) is 0.385. The van der Waals surface area contributed by atoms with Gasteiger partial charge in [-0.05, 0) is 13.0 Å². The maximum atomic E-state index is 5.35. The highest BCUT2D eigenvalue weighted by atomic mass is 16.5. The van der Waals surface area contributed by atoms with Gasteiger partial charge in [-0.25, -0.2) is 4.98 Å². The molecule has 2 aromatic rings. The highest BCUT2D eigenvalue weighted by molar-refractivity contribution is 5.37. The maximum Gasteiger partial charge on any atom is 0.215 e. The molecule has 0 atom stereocenters. The average Bonchev–Trinajstić information content (AvgIpc) is 2.76. The molecule has 1 N–H and O–H groups in total. The fourth-order valence-electron chi connectivity index (χ4n) is 1.68. The van der Waals surface area contributed by atoms with E-state index in [0.717, 1.165) is 24.6 Å². The maximum absolute atomic E-state index is 5.35. The molecular formula is C13H18N4O. The topological polar surface area (TPSA) is 52.0 Å². The van der Waals surface area contributed by atoms with Gasteiger partial charge in [0.25, 0.3) is 0 Å². The van der Waals surface area contributed by atoms with E-state index in [1.165, 1.54) is 0 Å². The summed E-state index contributed by atoms with van der Waals surface area (Å²) in [6, 6.07) is 5.72. The quantitative estimate of drug-likeness (QED) is 0.845. The number of anilines is 1. The number of hydrogen-bond acceptors (Lipinski definition) is 4. The third-order valence-corrected chi connectivity index (χ3v) is 2.59. The lowest BCUT2D eigenvalue weighted by Gasteiger charge is -2.07. The molecule has 0 saturated carbocycles. The van der Waals surface area contributed by atoms with Crippen molar-refractivity contribution in [1.82, 2.24) is 14.5 Å². The third kappa shape index (κ3) is 3.23.